The summed E-state index contributed by atoms with van der Waals surface area (Å²) in [6.07, 6.45) is 2.10. The van der Waals surface area contributed by atoms with Crippen LogP contribution in [-0.2, 0) is 27.9 Å². The number of aliphatic carboxylic acids is 1. The standard InChI is InChI=1S/C17H23N5O4S.C2H4O2/c1-22-15(11-5-7-18-8-6-11)20-21-17(22)27-10-14(23)19-9-12-3-4-13(26-12)16(24)25-2;1-2(3)4/h3-4,11,18H,5-10H2,1-2H3,(H,19,23);1H3,(H,3,4). The van der Waals surface area contributed by atoms with E-state index in [1.807, 2.05) is 11.6 Å². The number of methoxy groups -OCH3 is 1. The van der Waals surface area contributed by atoms with Crippen molar-refractivity contribution in [2.45, 2.75) is 37.4 Å². The van der Waals surface area contributed by atoms with Crippen molar-refractivity contribution in [2.24, 2.45) is 7.05 Å². The highest BCUT2D eigenvalue weighted by molar-refractivity contribution is 7.99. The van der Waals surface area contributed by atoms with E-state index in [-0.39, 0.29) is 24.0 Å². The van der Waals surface area contributed by atoms with Crippen LogP contribution in [0.5, 0.6) is 0 Å². The van der Waals surface area contributed by atoms with Crippen molar-refractivity contribution in [2.75, 3.05) is 26.0 Å². The van der Waals surface area contributed by atoms with Crippen LogP contribution in [0.4, 0.5) is 0 Å². The van der Waals surface area contributed by atoms with Crippen molar-refractivity contribution in [1.82, 2.24) is 25.4 Å². The Morgan fingerprint density at radius 2 is 2.00 bits per heavy atom. The van der Waals surface area contributed by atoms with Gasteiger partial charge in [-0.05, 0) is 38.1 Å². The molecule has 3 N–H and O–H groups in total. The fourth-order valence-electron chi connectivity index (χ4n) is 2.94. The zero-order chi connectivity index (χ0) is 22.8. The second kappa shape index (κ2) is 12.1. The molecule has 1 aliphatic rings. The van der Waals surface area contributed by atoms with Crippen molar-refractivity contribution in [3.05, 3.63) is 29.5 Å². The lowest BCUT2D eigenvalue weighted by molar-refractivity contribution is -0.134. The first-order valence-electron chi connectivity index (χ1n) is 9.67. The van der Waals surface area contributed by atoms with E-state index in [0.29, 0.717) is 11.7 Å². The summed E-state index contributed by atoms with van der Waals surface area (Å²) in [6, 6.07) is 3.15. The van der Waals surface area contributed by atoms with Crippen molar-refractivity contribution in [1.29, 1.82) is 0 Å². The molecule has 2 aromatic rings. The van der Waals surface area contributed by atoms with Crippen LogP contribution < -0.4 is 10.6 Å². The van der Waals surface area contributed by atoms with E-state index in [0.717, 1.165) is 43.8 Å². The van der Waals surface area contributed by atoms with Gasteiger partial charge in [-0.15, -0.1) is 10.2 Å². The number of ether oxygens (including phenoxy) is 1. The molecule has 1 saturated heterocycles. The van der Waals surface area contributed by atoms with E-state index in [9.17, 15) is 9.59 Å². The number of esters is 1. The summed E-state index contributed by atoms with van der Waals surface area (Å²) in [7, 11) is 3.22. The molecule has 3 heterocycles. The van der Waals surface area contributed by atoms with Gasteiger partial charge in [0.2, 0.25) is 11.7 Å². The van der Waals surface area contributed by atoms with E-state index in [1.165, 1.54) is 24.9 Å². The van der Waals surface area contributed by atoms with Gasteiger partial charge in [0.25, 0.3) is 5.97 Å². The highest BCUT2D eigenvalue weighted by Gasteiger charge is 2.22. The van der Waals surface area contributed by atoms with E-state index in [2.05, 4.69) is 25.6 Å². The predicted octanol–water partition coefficient (Wildman–Crippen LogP) is 1.16. The molecule has 0 saturated carbocycles. The molecule has 0 bridgehead atoms. The summed E-state index contributed by atoms with van der Waals surface area (Å²) in [5.74, 6) is 0.682. The molecule has 0 unspecified atom stereocenters. The Morgan fingerprint density at radius 3 is 2.65 bits per heavy atom. The second-order valence-electron chi connectivity index (χ2n) is 6.77. The second-order valence-corrected chi connectivity index (χ2v) is 7.71. The Bertz CT molecular complexity index is 886. The topological polar surface area (TPSA) is 149 Å². The summed E-state index contributed by atoms with van der Waals surface area (Å²) >= 11 is 1.35. The molecule has 0 atom stereocenters. The monoisotopic (exact) mass is 453 g/mol. The zero-order valence-corrected chi connectivity index (χ0v) is 18.5. The fourth-order valence-corrected chi connectivity index (χ4v) is 3.69. The molecule has 31 heavy (non-hydrogen) atoms. The minimum Gasteiger partial charge on any atom is -0.481 e. The largest absolute Gasteiger partial charge is 0.481 e. The summed E-state index contributed by atoms with van der Waals surface area (Å²) in [5, 5.41) is 22.8. The van der Waals surface area contributed by atoms with Crippen molar-refractivity contribution >= 4 is 29.6 Å². The van der Waals surface area contributed by atoms with Crippen LogP contribution in [-0.4, -0.2) is 63.7 Å². The maximum Gasteiger partial charge on any atom is 0.373 e. The number of carbonyl (C=O) groups is 3. The van der Waals surface area contributed by atoms with Crippen LogP contribution in [0, 0.1) is 0 Å². The maximum atomic E-state index is 12.1. The summed E-state index contributed by atoms with van der Waals surface area (Å²) < 4.78 is 11.9. The molecule has 0 aromatic carbocycles. The quantitative estimate of drug-likeness (QED) is 0.412. The number of aromatic nitrogens is 3. The lowest BCUT2D eigenvalue weighted by Crippen LogP contribution is -2.28. The van der Waals surface area contributed by atoms with Gasteiger partial charge in [0, 0.05) is 19.9 Å². The number of carbonyl (C=O) groups excluding carboxylic acids is 2. The molecule has 11 nitrogen and oxygen atoms in total. The Morgan fingerprint density at radius 1 is 1.32 bits per heavy atom. The van der Waals surface area contributed by atoms with Crippen LogP contribution in [0.25, 0.3) is 0 Å². The average Bonchev–Trinajstić information content (AvgIpc) is 3.37. The van der Waals surface area contributed by atoms with Gasteiger partial charge in [0.05, 0.1) is 19.4 Å². The maximum absolute atomic E-state index is 12.1. The summed E-state index contributed by atoms with van der Waals surface area (Å²) in [6.45, 7) is 3.27. The number of piperidine rings is 1. The molecule has 0 aliphatic carbocycles. The third-order valence-corrected chi connectivity index (χ3v) is 5.43. The Labute approximate surface area is 183 Å². The normalized spacial score (nSPS) is 13.8. The SMILES string of the molecule is CC(=O)O.COC(=O)c1ccc(CNC(=O)CSc2nnc(C3CCNCC3)n2C)o1. The molecular formula is C19H27N5O6S. The number of furan rings is 1. The summed E-state index contributed by atoms with van der Waals surface area (Å²) in [4.78, 5) is 32.4. The van der Waals surface area contributed by atoms with Gasteiger partial charge >= 0.3 is 5.97 Å². The first-order chi connectivity index (χ1) is 14.8. The number of carboxylic acid groups (broad SMARTS) is 1. The predicted molar refractivity (Wildman–Crippen MR) is 112 cm³/mol. The van der Waals surface area contributed by atoms with Crippen LogP contribution in [0.15, 0.2) is 21.7 Å². The van der Waals surface area contributed by atoms with Crippen molar-refractivity contribution < 1.29 is 28.6 Å². The van der Waals surface area contributed by atoms with Crippen LogP contribution in [0.2, 0.25) is 0 Å². The van der Waals surface area contributed by atoms with Gasteiger partial charge in [0.15, 0.2) is 5.16 Å². The zero-order valence-electron chi connectivity index (χ0n) is 17.7. The van der Waals surface area contributed by atoms with Crippen molar-refractivity contribution in [3.63, 3.8) is 0 Å². The highest BCUT2D eigenvalue weighted by Crippen LogP contribution is 2.26. The van der Waals surface area contributed by atoms with Gasteiger partial charge in [-0.3, -0.25) is 9.59 Å². The minimum atomic E-state index is -0.833. The Kier molecular flexibility index (Phi) is 9.53. The molecule has 1 fully saturated rings. The van der Waals surface area contributed by atoms with Gasteiger partial charge in [-0.25, -0.2) is 4.79 Å². The van der Waals surface area contributed by atoms with E-state index < -0.39 is 11.9 Å². The van der Waals surface area contributed by atoms with Gasteiger partial charge in [-0.1, -0.05) is 11.8 Å². The lowest BCUT2D eigenvalue weighted by atomic mass is 9.97. The molecule has 1 aliphatic heterocycles. The number of thioether (sulfide) groups is 1. The van der Waals surface area contributed by atoms with E-state index in [1.54, 1.807) is 6.07 Å². The number of hydrogen-bond acceptors (Lipinski definition) is 9. The fraction of sp³-hybridized carbons (Fsp3) is 0.526. The molecule has 170 valence electrons. The lowest BCUT2D eigenvalue weighted by Gasteiger charge is -2.21. The third-order valence-electron chi connectivity index (χ3n) is 4.41. The Hall–Kier alpha value is -2.86. The first-order valence-corrected chi connectivity index (χ1v) is 10.7. The van der Waals surface area contributed by atoms with E-state index >= 15 is 0 Å². The first kappa shape index (κ1) is 24.4. The minimum absolute atomic E-state index is 0.112. The molecule has 3 rings (SSSR count). The Balaban J connectivity index is 0.000000785. The van der Waals surface area contributed by atoms with Crippen LogP contribution >= 0.6 is 11.8 Å². The smallest absolute Gasteiger partial charge is 0.373 e. The van der Waals surface area contributed by atoms with Crippen molar-refractivity contribution in [3.8, 4) is 0 Å². The van der Waals surface area contributed by atoms with Gasteiger partial charge < -0.3 is 29.5 Å². The number of carboxylic acids is 1. The van der Waals surface area contributed by atoms with Crippen LogP contribution in [0.1, 0.15) is 47.8 Å². The number of nitrogens with one attached hydrogen (secondary N) is 2. The van der Waals surface area contributed by atoms with Gasteiger partial charge in [-0.2, -0.15) is 0 Å². The average molecular weight is 454 g/mol. The number of amides is 1. The molecule has 2 aromatic heterocycles. The molecular weight excluding hydrogens is 426 g/mol. The molecule has 0 radical (unpaired) electrons. The van der Waals surface area contributed by atoms with E-state index in [4.69, 9.17) is 14.3 Å². The third kappa shape index (κ3) is 7.72. The number of nitrogens with zero attached hydrogens (tertiary/aromatic N) is 3. The molecule has 1 amide bonds. The molecule has 0 spiro atoms. The highest BCUT2D eigenvalue weighted by atomic mass is 32.2. The van der Waals surface area contributed by atoms with Crippen LogP contribution in [0.3, 0.4) is 0 Å². The number of rotatable bonds is 7. The molecule has 12 heteroatoms. The van der Waals surface area contributed by atoms with Gasteiger partial charge in [0.1, 0.15) is 11.6 Å². The number of hydrogen-bond donors (Lipinski definition) is 3. The summed E-state index contributed by atoms with van der Waals surface area (Å²) in [5.41, 5.74) is 0.